The fourth-order valence-corrected chi connectivity index (χ4v) is 8.02. The monoisotopic (exact) mass is 786 g/mol. The summed E-state index contributed by atoms with van der Waals surface area (Å²) in [5, 5.41) is 13.5. The number of nitrogens with two attached hydrogens (primary N) is 2. The van der Waals surface area contributed by atoms with Crippen LogP contribution in [0.15, 0.2) is 36.7 Å². The lowest BCUT2D eigenvalue weighted by Crippen LogP contribution is -2.43. The fourth-order valence-electron chi connectivity index (χ4n) is 7.21. The van der Waals surface area contributed by atoms with Crippen LogP contribution in [-0.4, -0.2) is 44.5 Å². The molecule has 0 aliphatic carbocycles. The Morgan fingerprint density at radius 1 is 0.982 bits per heavy atom. The number of nitrogens with zero attached hydrogens (tertiary/aromatic N) is 4. The van der Waals surface area contributed by atoms with Crippen LogP contribution in [0, 0.1) is 17.1 Å². The molecule has 0 bridgehead atoms. The van der Waals surface area contributed by atoms with Gasteiger partial charge in [0.25, 0.3) is 0 Å². The lowest BCUT2D eigenvalue weighted by Gasteiger charge is -2.26. The van der Waals surface area contributed by atoms with Gasteiger partial charge < -0.3 is 25.8 Å². The highest BCUT2D eigenvalue weighted by atomic mass is 31.2. The van der Waals surface area contributed by atoms with Crippen molar-refractivity contribution in [1.82, 2.24) is 14.6 Å². The Kier molecular flexibility index (Phi) is 19.5. The molecule has 1 saturated heterocycles. The maximum atomic E-state index is 14.1. The molecule has 1 aromatic carbocycles. The molecule has 3 aromatic rings. The first-order valence-electron chi connectivity index (χ1n) is 20.6. The first-order chi connectivity index (χ1) is 26.6. The molecule has 55 heavy (non-hydrogen) atoms. The molecule has 2 aromatic heterocycles. The third-order valence-corrected chi connectivity index (χ3v) is 11.3. The van der Waals surface area contributed by atoms with Crippen molar-refractivity contribution < 1.29 is 32.4 Å². The van der Waals surface area contributed by atoms with Gasteiger partial charge in [0, 0.05) is 0 Å². The molecule has 1 aliphatic heterocycles. The summed E-state index contributed by atoms with van der Waals surface area (Å²) in [6, 6.07) is 9.62. The van der Waals surface area contributed by atoms with E-state index in [4.69, 9.17) is 30.0 Å². The number of anilines is 1. The number of hydrogen-bond donors (Lipinski definition) is 3. The Bertz CT molecular complexity index is 1650. The maximum absolute atomic E-state index is 14.1. The summed E-state index contributed by atoms with van der Waals surface area (Å²) < 4.78 is 51.6. The highest BCUT2D eigenvalue weighted by Gasteiger charge is 2.41. The zero-order chi connectivity index (χ0) is 39.4. The summed E-state index contributed by atoms with van der Waals surface area (Å²) in [4.78, 5) is 14.6. The minimum atomic E-state index is -4.55. The van der Waals surface area contributed by atoms with Crippen molar-refractivity contribution in [2.75, 3.05) is 18.9 Å². The molecule has 4 atom stereocenters. The van der Waals surface area contributed by atoms with E-state index in [-0.39, 0.29) is 25.4 Å². The second kappa shape index (κ2) is 24.0. The Morgan fingerprint density at radius 2 is 1.60 bits per heavy atom. The Hall–Kier alpha value is -2.95. The van der Waals surface area contributed by atoms with Crippen LogP contribution in [0.25, 0.3) is 5.52 Å². The molecule has 0 radical (unpaired) electrons. The van der Waals surface area contributed by atoms with E-state index in [2.05, 4.69) is 17.0 Å². The van der Waals surface area contributed by atoms with Gasteiger partial charge in [0.1, 0.15) is 36.1 Å². The van der Waals surface area contributed by atoms with Crippen molar-refractivity contribution in [2.24, 2.45) is 5.73 Å². The van der Waals surface area contributed by atoms with Gasteiger partial charge in [0.2, 0.25) is 0 Å². The minimum absolute atomic E-state index is 0.0161. The third kappa shape index (κ3) is 16.2. The Balaban J connectivity index is 1.14. The summed E-state index contributed by atoms with van der Waals surface area (Å²) in [5.74, 6) is -0.192. The Labute approximate surface area is 327 Å². The van der Waals surface area contributed by atoms with Gasteiger partial charge in [0.05, 0.1) is 36.6 Å². The van der Waals surface area contributed by atoms with Crippen molar-refractivity contribution in [3.63, 3.8) is 0 Å². The number of rotatable bonds is 29. The molecule has 4 rings (SSSR count). The standard InChI is InChI=1S/C41H64FN6O6P/c1-2-3-4-5-6-7-8-9-10-11-12-13-14-15-16-17-18-19-20-36(51-29-34-25-33(28-43)26-35(42)27-34)30-52-55(49,50)53-31-41(45)24-23-39(54-41)37-21-22-38-40(44)46-32-47-48(37)38/h21-22,25-27,32,36,39H,2-20,23-24,29-31,45H2,1H3,(H,49,50)(H2,44,46,47)/t36-,39-,41+/m1/s1. The molecule has 12 nitrogen and oxygen atoms in total. The van der Waals surface area contributed by atoms with Crippen LogP contribution in [0.5, 0.6) is 0 Å². The quantitative estimate of drug-likeness (QED) is 0.0450. The van der Waals surface area contributed by atoms with Gasteiger partial charge in [-0.15, -0.1) is 0 Å². The number of ether oxygens (including phenoxy) is 2. The molecule has 3 heterocycles. The molecule has 1 fully saturated rings. The van der Waals surface area contributed by atoms with Gasteiger partial charge in [-0.25, -0.2) is 18.5 Å². The smallest absolute Gasteiger partial charge is 0.382 e. The van der Waals surface area contributed by atoms with E-state index in [0.29, 0.717) is 36.2 Å². The van der Waals surface area contributed by atoms with Gasteiger partial charge in [-0.2, -0.15) is 10.4 Å². The largest absolute Gasteiger partial charge is 0.472 e. The minimum Gasteiger partial charge on any atom is -0.382 e. The van der Waals surface area contributed by atoms with Crippen molar-refractivity contribution >= 4 is 19.2 Å². The lowest BCUT2D eigenvalue weighted by atomic mass is 10.0. The van der Waals surface area contributed by atoms with E-state index in [1.807, 2.05) is 12.1 Å². The average molecular weight is 787 g/mol. The SMILES string of the molecule is CCCCCCCCCCCCCCCCCCCC[C@H](COP(=O)(O)OC[C@]1(N)CC[C@H](c2ccc3c(N)ncnn23)O1)OCc1cc(F)cc(C#N)c1. The summed E-state index contributed by atoms with van der Waals surface area (Å²) >= 11 is 0. The molecule has 0 amide bonds. The number of hydrogen-bond acceptors (Lipinski definition) is 10. The number of aromatic nitrogens is 3. The van der Waals surface area contributed by atoms with Crippen LogP contribution in [0.4, 0.5) is 10.2 Å². The molecule has 14 heteroatoms. The first kappa shape index (κ1) is 44.8. The van der Waals surface area contributed by atoms with Crippen LogP contribution in [0.3, 0.4) is 0 Å². The molecule has 306 valence electrons. The topological polar surface area (TPSA) is 180 Å². The number of phosphoric ester groups is 1. The van der Waals surface area contributed by atoms with Crippen LogP contribution < -0.4 is 11.5 Å². The zero-order valence-electron chi connectivity index (χ0n) is 32.8. The molecule has 5 N–H and O–H groups in total. The van der Waals surface area contributed by atoms with Gasteiger partial charge in [-0.3, -0.25) is 9.05 Å². The number of unbranched alkanes of at least 4 members (excludes halogenated alkanes) is 17. The van der Waals surface area contributed by atoms with E-state index in [1.165, 1.54) is 109 Å². The highest BCUT2D eigenvalue weighted by Crippen LogP contribution is 2.46. The number of nitrogen functional groups attached to an aromatic ring is 1. The molecule has 0 saturated carbocycles. The van der Waals surface area contributed by atoms with Crippen molar-refractivity contribution in [3.05, 3.63) is 59.3 Å². The van der Waals surface area contributed by atoms with E-state index in [9.17, 15) is 19.1 Å². The van der Waals surface area contributed by atoms with Gasteiger partial charge in [-0.1, -0.05) is 122 Å². The summed E-state index contributed by atoms with van der Waals surface area (Å²) in [7, 11) is -4.55. The van der Waals surface area contributed by atoms with Crippen LogP contribution >= 0.6 is 7.82 Å². The summed E-state index contributed by atoms with van der Waals surface area (Å²) in [5.41, 5.74) is 13.1. The number of nitriles is 1. The van der Waals surface area contributed by atoms with Crippen LogP contribution in [0.1, 0.15) is 165 Å². The normalized spacial score (nSPS) is 18.8. The molecule has 0 spiro atoms. The number of halogens is 1. The maximum Gasteiger partial charge on any atom is 0.472 e. The van der Waals surface area contributed by atoms with E-state index < -0.39 is 31.6 Å². The average Bonchev–Trinajstić information content (AvgIpc) is 3.79. The second-order valence-electron chi connectivity index (χ2n) is 15.1. The lowest BCUT2D eigenvalue weighted by molar-refractivity contribution is -0.0739. The fraction of sp³-hybridized carbons (Fsp3) is 0.683. The second-order valence-corrected chi connectivity index (χ2v) is 16.6. The van der Waals surface area contributed by atoms with E-state index >= 15 is 0 Å². The summed E-state index contributed by atoms with van der Waals surface area (Å²) in [6.07, 6.45) is 24.8. The first-order valence-corrected chi connectivity index (χ1v) is 22.1. The van der Waals surface area contributed by atoms with Crippen molar-refractivity contribution in [1.29, 1.82) is 5.26 Å². The number of fused-ring (bicyclic) bond motifs is 1. The van der Waals surface area contributed by atoms with Crippen molar-refractivity contribution in [2.45, 2.75) is 166 Å². The molecular weight excluding hydrogens is 722 g/mol. The van der Waals surface area contributed by atoms with Gasteiger partial charge in [-0.05, 0) is 55.2 Å². The van der Waals surface area contributed by atoms with Crippen LogP contribution in [-0.2, 0) is 29.7 Å². The highest BCUT2D eigenvalue weighted by molar-refractivity contribution is 7.47. The van der Waals surface area contributed by atoms with E-state index in [1.54, 1.807) is 16.6 Å². The van der Waals surface area contributed by atoms with Gasteiger partial charge >= 0.3 is 7.82 Å². The van der Waals surface area contributed by atoms with Crippen molar-refractivity contribution in [3.8, 4) is 6.07 Å². The number of benzene rings is 1. The third-order valence-electron chi connectivity index (χ3n) is 10.4. The predicted octanol–water partition coefficient (Wildman–Crippen LogP) is 9.98. The zero-order valence-corrected chi connectivity index (χ0v) is 33.7. The molecular formula is C41H64FN6O6P. The predicted molar refractivity (Wildman–Crippen MR) is 212 cm³/mol. The molecule has 1 unspecified atom stereocenters. The van der Waals surface area contributed by atoms with Crippen LogP contribution in [0.2, 0.25) is 0 Å². The van der Waals surface area contributed by atoms with Gasteiger partial charge in [0.15, 0.2) is 5.82 Å². The summed E-state index contributed by atoms with van der Waals surface area (Å²) in [6.45, 7) is 1.69. The Morgan fingerprint density at radius 3 is 2.22 bits per heavy atom. The molecule has 1 aliphatic rings. The number of phosphoric acid groups is 1. The van der Waals surface area contributed by atoms with E-state index in [0.717, 1.165) is 31.0 Å².